The molecule has 1 aromatic rings. The highest BCUT2D eigenvalue weighted by atomic mass is 32.1. The molecule has 1 unspecified atom stereocenters. The zero-order valence-corrected chi connectivity index (χ0v) is 10.3. The van der Waals surface area contributed by atoms with Crippen molar-refractivity contribution in [2.24, 2.45) is 5.73 Å². The van der Waals surface area contributed by atoms with Crippen LogP contribution in [0.25, 0.3) is 0 Å². The van der Waals surface area contributed by atoms with Crippen LogP contribution in [0, 0.1) is 13.8 Å². The Hall–Kier alpha value is -0.870. The van der Waals surface area contributed by atoms with Crippen LogP contribution >= 0.6 is 11.3 Å². The van der Waals surface area contributed by atoms with Crippen molar-refractivity contribution in [2.75, 3.05) is 0 Å². The third-order valence-electron chi connectivity index (χ3n) is 2.18. The lowest BCUT2D eigenvalue weighted by Crippen LogP contribution is -2.29. The van der Waals surface area contributed by atoms with E-state index in [-0.39, 0.29) is 11.9 Å². The fourth-order valence-corrected chi connectivity index (χ4v) is 2.28. The second-order valence-electron chi connectivity index (χ2n) is 3.91. The van der Waals surface area contributed by atoms with Crippen molar-refractivity contribution in [1.29, 1.82) is 0 Å². The molecule has 0 spiro atoms. The summed E-state index contributed by atoms with van der Waals surface area (Å²) in [6.45, 7) is 6.62. The van der Waals surface area contributed by atoms with E-state index in [0.29, 0.717) is 13.0 Å². The number of nitrogens with one attached hydrogen (secondary N) is 1. The third kappa shape index (κ3) is 4.01. The summed E-state index contributed by atoms with van der Waals surface area (Å²) in [7, 11) is 0. The van der Waals surface area contributed by atoms with Crippen molar-refractivity contribution >= 4 is 17.2 Å². The average Bonchev–Trinajstić information content (AvgIpc) is 2.42. The second-order valence-corrected chi connectivity index (χ2v) is 5.25. The van der Waals surface area contributed by atoms with Crippen molar-refractivity contribution in [3.8, 4) is 0 Å². The number of carbonyl (C=O) groups is 1. The van der Waals surface area contributed by atoms with E-state index < -0.39 is 0 Å². The van der Waals surface area contributed by atoms with Crippen molar-refractivity contribution in [3.63, 3.8) is 0 Å². The number of amides is 1. The Morgan fingerprint density at radius 1 is 1.60 bits per heavy atom. The highest BCUT2D eigenvalue weighted by Gasteiger charge is 2.06. The van der Waals surface area contributed by atoms with E-state index in [9.17, 15) is 4.79 Å². The van der Waals surface area contributed by atoms with Gasteiger partial charge in [0.2, 0.25) is 5.91 Å². The number of nitrogens with two attached hydrogens (primary N) is 1. The molecule has 0 saturated heterocycles. The number of thiophene rings is 1. The first kappa shape index (κ1) is 12.2. The molecule has 1 atom stereocenters. The highest BCUT2D eigenvalue weighted by molar-refractivity contribution is 7.12. The molecule has 84 valence electrons. The molecule has 0 radical (unpaired) electrons. The normalized spacial score (nSPS) is 12.5. The van der Waals surface area contributed by atoms with Crippen LogP contribution in [0.15, 0.2) is 6.07 Å². The summed E-state index contributed by atoms with van der Waals surface area (Å²) >= 11 is 1.73. The maximum Gasteiger partial charge on any atom is 0.221 e. The van der Waals surface area contributed by atoms with Gasteiger partial charge in [0, 0.05) is 22.2 Å². The number of carbonyl (C=O) groups excluding carboxylic acids is 1. The van der Waals surface area contributed by atoms with Crippen LogP contribution in [0.5, 0.6) is 0 Å². The number of rotatable bonds is 4. The maximum absolute atomic E-state index is 11.3. The molecular weight excluding hydrogens is 208 g/mol. The Morgan fingerprint density at radius 3 is 2.73 bits per heavy atom. The Bertz CT molecular complexity index is 325. The van der Waals surface area contributed by atoms with E-state index in [1.807, 2.05) is 6.92 Å². The van der Waals surface area contributed by atoms with Gasteiger partial charge in [0.1, 0.15) is 0 Å². The van der Waals surface area contributed by atoms with Gasteiger partial charge in [-0.2, -0.15) is 0 Å². The lowest BCUT2D eigenvalue weighted by molar-refractivity contribution is -0.121. The summed E-state index contributed by atoms with van der Waals surface area (Å²) in [5.41, 5.74) is 6.82. The van der Waals surface area contributed by atoms with E-state index in [4.69, 9.17) is 5.73 Å². The standard InChI is InChI=1S/C11H18N2OS/c1-7-4-10(15-9(7)3)6-13-11(14)5-8(2)12/h4,8H,5-6,12H2,1-3H3,(H,13,14). The zero-order chi connectivity index (χ0) is 11.4. The Balaban J connectivity index is 2.40. The summed E-state index contributed by atoms with van der Waals surface area (Å²) < 4.78 is 0. The molecule has 4 heteroatoms. The maximum atomic E-state index is 11.3. The predicted molar refractivity (Wildman–Crippen MR) is 63.9 cm³/mol. The molecule has 0 bridgehead atoms. The molecule has 0 saturated carbocycles. The molecule has 1 amide bonds. The highest BCUT2D eigenvalue weighted by Crippen LogP contribution is 2.20. The largest absolute Gasteiger partial charge is 0.351 e. The Kier molecular flexibility index (Phi) is 4.29. The summed E-state index contributed by atoms with van der Waals surface area (Å²) in [5, 5.41) is 2.86. The van der Waals surface area contributed by atoms with E-state index in [1.54, 1.807) is 11.3 Å². The molecule has 3 N–H and O–H groups in total. The smallest absolute Gasteiger partial charge is 0.221 e. The summed E-state index contributed by atoms with van der Waals surface area (Å²) in [6, 6.07) is 2.04. The number of hydrogen-bond donors (Lipinski definition) is 2. The Labute approximate surface area is 94.7 Å². The van der Waals surface area contributed by atoms with Crippen LogP contribution in [-0.2, 0) is 11.3 Å². The van der Waals surface area contributed by atoms with Crippen LogP contribution < -0.4 is 11.1 Å². The Morgan fingerprint density at radius 2 is 2.27 bits per heavy atom. The molecule has 3 nitrogen and oxygen atoms in total. The van der Waals surface area contributed by atoms with E-state index in [2.05, 4.69) is 25.2 Å². The van der Waals surface area contributed by atoms with Crippen LogP contribution in [0.2, 0.25) is 0 Å². The van der Waals surface area contributed by atoms with Crippen LogP contribution in [0.1, 0.15) is 28.7 Å². The summed E-state index contributed by atoms with van der Waals surface area (Å²) in [4.78, 5) is 13.8. The molecular formula is C11H18N2OS. The molecule has 1 rings (SSSR count). The molecule has 15 heavy (non-hydrogen) atoms. The third-order valence-corrected chi connectivity index (χ3v) is 3.34. The lowest BCUT2D eigenvalue weighted by atomic mass is 10.2. The van der Waals surface area contributed by atoms with Gasteiger partial charge in [0.25, 0.3) is 0 Å². The molecule has 1 heterocycles. The van der Waals surface area contributed by atoms with Crippen molar-refractivity contribution in [2.45, 2.75) is 39.8 Å². The lowest BCUT2D eigenvalue weighted by Gasteiger charge is -2.05. The van der Waals surface area contributed by atoms with Gasteiger partial charge in [-0.05, 0) is 32.4 Å². The minimum Gasteiger partial charge on any atom is -0.351 e. The molecule has 0 aliphatic rings. The average molecular weight is 226 g/mol. The number of aryl methyl sites for hydroxylation is 2. The van der Waals surface area contributed by atoms with Gasteiger partial charge < -0.3 is 11.1 Å². The van der Waals surface area contributed by atoms with Gasteiger partial charge in [0.05, 0.1) is 6.54 Å². The van der Waals surface area contributed by atoms with Gasteiger partial charge in [-0.25, -0.2) is 0 Å². The van der Waals surface area contributed by atoms with Crippen LogP contribution in [0.4, 0.5) is 0 Å². The van der Waals surface area contributed by atoms with Gasteiger partial charge >= 0.3 is 0 Å². The van der Waals surface area contributed by atoms with E-state index >= 15 is 0 Å². The molecule has 0 fully saturated rings. The molecule has 0 aromatic carbocycles. The van der Waals surface area contributed by atoms with Gasteiger partial charge in [-0.15, -0.1) is 11.3 Å². The summed E-state index contributed by atoms with van der Waals surface area (Å²) in [6.07, 6.45) is 0.392. The van der Waals surface area contributed by atoms with Crippen LogP contribution in [0.3, 0.4) is 0 Å². The topological polar surface area (TPSA) is 55.1 Å². The van der Waals surface area contributed by atoms with Crippen molar-refractivity contribution in [3.05, 3.63) is 21.4 Å². The summed E-state index contributed by atoms with van der Waals surface area (Å²) in [5.74, 6) is 0.0220. The molecule has 1 aromatic heterocycles. The molecule has 0 aliphatic carbocycles. The second kappa shape index (κ2) is 5.28. The van der Waals surface area contributed by atoms with Gasteiger partial charge in [0.15, 0.2) is 0 Å². The van der Waals surface area contributed by atoms with Crippen molar-refractivity contribution in [1.82, 2.24) is 5.32 Å². The van der Waals surface area contributed by atoms with Crippen LogP contribution in [-0.4, -0.2) is 11.9 Å². The number of hydrogen-bond acceptors (Lipinski definition) is 3. The fourth-order valence-electron chi connectivity index (χ4n) is 1.29. The zero-order valence-electron chi connectivity index (χ0n) is 9.46. The first-order valence-electron chi connectivity index (χ1n) is 5.07. The molecule has 0 aliphatic heterocycles. The van der Waals surface area contributed by atoms with E-state index in [1.165, 1.54) is 15.3 Å². The minimum atomic E-state index is -0.0724. The first-order valence-corrected chi connectivity index (χ1v) is 5.89. The predicted octanol–water partition coefficient (Wildman–Crippen LogP) is 1.72. The van der Waals surface area contributed by atoms with Gasteiger partial charge in [-0.3, -0.25) is 4.79 Å². The fraction of sp³-hybridized carbons (Fsp3) is 0.545. The van der Waals surface area contributed by atoms with E-state index in [0.717, 1.165) is 0 Å². The van der Waals surface area contributed by atoms with Gasteiger partial charge in [-0.1, -0.05) is 0 Å². The minimum absolute atomic E-state index is 0.0220. The SMILES string of the molecule is Cc1cc(CNC(=O)CC(C)N)sc1C. The monoisotopic (exact) mass is 226 g/mol. The quantitative estimate of drug-likeness (QED) is 0.821. The first-order chi connectivity index (χ1) is 6.99. The van der Waals surface area contributed by atoms with Crippen molar-refractivity contribution < 1.29 is 4.79 Å².